The van der Waals surface area contributed by atoms with Gasteiger partial charge in [-0.1, -0.05) is 12.1 Å². The number of H-pyrrole nitrogens is 1. The number of benzene rings is 2. The second kappa shape index (κ2) is 9.77. The van der Waals surface area contributed by atoms with Crippen molar-refractivity contribution < 1.29 is 23.9 Å². The van der Waals surface area contributed by atoms with Gasteiger partial charge in [0.2, 0.25) is 5.75 Å². The van der Waals surface area contributed by atoms with Gasteiger partial charge in [0.25, 0.3) is 5.56 Å². The highest BCUT2D eigenvalue weighted by Crippen LogP contribution is 2.39. The summed E-state index contributed by atoms with van der Waals surface area (Å²) in [5, 5.41) is 15.8. The van der Waals surface area contributed by atoms with Crippen molar-refractivity contribution in [2.45, 2.75) is 20.0 Å². The van der Waals surface area contributed by atoms with E-state index in [1.54, 1.807) is 25.1 Å². The van der Waals surface area contributed by atoms with Crippen LogP contribution < -0.4 is 20.7 Å². The lowest BCUT2D eigenvalue weighted by molar-refractivity contribution is -0.386. The molecule has 1 heterocycles. The number of methoxy groups -OCH3 is 1. The Labute approximate surface area is 186 Å². The van der Waals surface area contributed by atoms with Crippen molar-refractivity contribution in [2.75, 3.05) is 13.7 Å². The largest absolute Gasteiger partial charge is 0.490 e. The second-order valence-electron chi connectivity index (χ2n) is 6.68. The molecule has 0 aliphatic rings. The Kier molecular flexibility index (Phi) is 6.86. The van der Waals surface area contributed by atoms with Crippen LogP contribution >= 0.6 is 0 Å². The highest BCUT2D eigenvalue weighted by Gasteiger charge is 2.27. The molecular weight excluding hydrogens is 436 g/mol. The molecule has 0 radical (unpaired) electrons. The summed E-state index contributed by atoms with van der Waals surface area (Å²) in [6, 6.07) is 8.92. The predicted molar refractivity (Wildman–Crippen MR) is 118 cm³/mol. The van der Waals surface area contributed by atoms with Gasteiger partial charge in [-0.2, -0.15) is 5.10 Å². The van der Waals surface area contributed by atoms with Crippen molar-refractivity contribution in [3.8, 4) is 11.5 Å². The number of nitrogens with zero attached hydrogens (tertiary/aromatic N) is 3. The van der Waals surface area contributed by atoms with Crippen LogP contribution in [0.5, 0.6) is 11.5 Å². The van der Waals surface area contributed by atoms with Gasteiger partial charge in [0.1, 0.15) is 0 Å². The van der Waals surface area contributed by atoms with Crippen LogP contribution in [0.2, 0.25) is 0 Å². The lowest BCUT2D eigenvalue weighted by atomic mass is 10.1. The number of nitrogens with one attached hydrogen (secondary N) is 1. The first kappa shape index (κ1) is 23.2. The number of ether oxygens (including phenoxy) is 3. The van der Waals surface area contributed by atoms with Crippen LogP contribution in [0.4, 0.5) is 5.69 Å². The summed E-state index contributed by atoms with van der Waals surface area (Å²) < 4.78 is 16.1. The van der Waals surface area contributed by atoms with Crippen molar-refractivity contribution in [3.63, 3.8) is 0 Å². The highest BCUT2D eigenvalue weighted by atomic mass is 16.6. The van der Waals surface area contributed by atoms with E-state index in [0.29, 0.717) is 10.2 Å². The predicted octanol–water partition coefficient (Wildman–Crippen LogP) is 1.82. The summed E-state index contributed by atoms with van der Waals surface area (Å²) >= 11 is 0. The molecule has 0 fully saturated rings. The summed E-state index contributed by atoms with van der Waals surface area (Å²) in [4.78, 5) is 50.1. The number of hydrogen-bond donors (Lipinski definition) is 1. The fraction of sp³-hybridized carbons (Fsp3) is 0.238. The lowest BCUT2D eigenvalue weighted by Crippen LogP contribution is -2.32. The molecule has 172 valence electrons. The van der Waals surface area contributed by atoms with Crippen LogP contribution in [0.3, 0.4) is 0 Å². The number of para-hydroxylation sites is 1. The molecule has 33 heavy (non-hydrogen) atoms. The Morgan fingerprint density at radius 3 is 2.70 bits per heavy atom. The molecule has 0 spiro atoms. The topological polar surface area (TPSA) is 155 Å². The summed E-state index contributed by atoms with van der Waals surface area (Å²) in [7, 11) is 1.16. The monoisotopic (exact) mass is 456 g/mol. The minimum atomic E-state index is -1.14. The van der Waals surface area contributed by atoms with Crippen LogP contribution in [0, 0.1) is 10.1 Å². The number of fused-ring (bicyclic) bond motifs is 1. The van der Waals surface area contributed by atoms with Crippen molar-refractivity contribution in [2.24, 2.45) is 5.10 Å². The number of aromatic nitrogens is 2. The smallest absolute Gasteiger partial charge is 0.349 e. The van der Waals surface area contributed by atoms with E-state index < -0.39 is 33.9 Å². The molecule has 1 N–H and O–H groups in total. The fourth-order valence-electron chi connectivity index (χ4n) is 2.97. The van der Waals surface area contributed by atoms with Crippen LogP contribution in [0.25, 0.3) is 10.9 Å². The third-order valence-electron chi connectivity index (χ3n) is 4.49. The standard InChI is InChI=1S/C21H20N4O8/c1-4-32-17-10-13(9-16(25(29)30)18(17)33-12(2)20(27)31-3)11-22-24-19(26)14-7-5-6-8-15(14)23-21(24)28/h5-12H,4H2,1-3H3,(H,23,28). The van der Waals surface area contributed by atoms with Gasteiger partial charge in [-0.25, -0.2) is 9.59 Å². The zero-order valence-electron chi connectivity index (χ0n) is 17.9. The first-order chi connectivity index (χ1) is 15.8. The maximum absolute atomic E-state index is 12.6. The molecule has 3 aromatic rings. The van der Waals surface area contributed by atoms with Crippen molar-refractivity contribution >= 4 is 28.8 Å². The number of hydrogen-bond acceptors (Lipinski definition) is 9. The Balaban J connectivity index is 2.09. The molecule has 0 bridgehead atoms. The van der Waals surface area contributed by atoms with Gasteiger partial charge in [-0.3, -0.25) is 14.9 Å². The van der Waals surface area contributed by atoms with E-state index in [1.807, 2.05) is 0 Å². The van der Waals surface area contributed by atoms with Gasteiger partial charge in [-0.05, 0) is 32.0 Å². The number of rotatable bonds is 8. The Hall–Kier alpha value is -4.48. The molecular formula is C21H20N4O8. The Bertz CT molecular complexity index is 1360. The third-order valence-corrected chi connectivity index (χ3v) is 4.49. The van der Waals surface area contributed by atoms with Crippen LogP contribution in [-0.4, -0.2) is 46.6 Å². The molecule has 1 unspecified atom stereocenters. The summed E-state index contributed by atoms with van der Waals surface area (Å²) in [5.41, 5.74) is -1.42. The lowest BCUT2D eigenvalue weighted by Gasteiger charge is -2.16. The molecule has 12 nitrogen and oxygen atoms in total. The number of carbonyl (C=O) groups is 1. The van der Waals surface area contributed by atoms with E-state index in [-0.39, 0.29) is 29.1 Å². The van der Waals surface area contributed by atoms with Gasteiger partial charge in [0.05, 0.1) is 35.8 Å². The molecule has 1 atom stereocenters. The third kappa shape index (κ3) is 4.89. The highest BCUT2D eigenvalue weighted by molar-refractivity contribution is 5.84. The molecule has 12 heteroatoms. The minimum Gasteiger partial charge on any atom is -0.490 e. The normalized spacial score (nSPS) is 12.0. The van der Waals surface area contributed by atoms with E-state index >= 15 is 0 Å². The fourth-order valence-corrected chi connectivity index (χ4v) is 2.97. The zero-order valence-corrected chi connectivity index (χ0v) is 17.9. The van der Waals surface area contributed by atoms with Gasteiger partial charge < -0.3 is 19.2 Å². The van der Waals surface area contributed by atoms with Crippen LogP contribution in [0.15, 0.2) is 51.1 Å². The zero-order chi connectivity index (χ0) is 24.1. The van der Waals surface area contributed by atoms with Gasteiger partial charge in [-0.15, -0.1) is 4.68 Å². The molecule has 0 aliphatic heterocycles. The van der Waals surface area contributed by atoms with Crippen molar-refractivity contribution in [3.05, 3.63) is 72.9 Å². The maximum atomic E-state index is 12.6. The van der Waals surface area contributed by atoms with Gasteiger partial charge in [0, 0.05) is 11.6 Å². The average Bonchev–Trinajstić information content (AvgIpc) is 2.79. The van der Waals surface area contributed by atoms with Crippen LogP contribution in [0.1, 0.15) is 19.4 Å². The SMILES string of the molecule is CCOc1cc(C=Nn2c(=O)[nH]c3ccccc3c2=O)cc([N+](=O)[O-])c1OC(C)C(=O)OC. The van der Waals surface area contributed by atoms with E-state index in [1.165, 1.54) is 19.1 Å². The first-order valence-corrected chi connectivity index (χ1v) is 9.75. The number of nitro groups is 1. The molecule has 2 aromatic carbocycles. The average molecular weight is 456 g/mol. The number of aromatic amines is 1. The van der Waals surface area contributed by atoms with E-state index in [2.05, 4.69) is 14.8 Å². The van der Waals surface area contributed by atoms with E-state index in [9.17, 15) is 24.5 Å². The molecule has 0 amide bonds. The second-order valence-corrected chi connectivity index (χ2v) is 6.68. The Morgan fingerprint density at radius 2 is 2.03 bits per heavy atom. The van der Waals surface area contributed by atoms with Gasteiger partial charge in [0.15, 0.2) is 11.9 Å². The maximum Gasteiger partial charge on any atom is 0.349 e. The summed E-state index contributed by atoms with van der Waals surface area (Å²) in [5.74, 6) is -1.02. The van der Waals surface area contributed by atoms with E-state index in [4.69, 9.17) is 9.47 Å². The first-order valence-electron chi connectivity index (χ1n) is 9.75. The van der Waals surface area contributed by atoms with Gasteiger partial charge >= 0.3 is 17.3 Å². The van der Waals surface area contributed by atoms with Crippen molar-refractivity contribution in [1.82, 2.24) is 9.66 Å². The number of esters is 1. The molecule has 0 saturated carbocycles. The molecule has 0 aliphatic carbocycles. The number of carbonyl (C=O) groups excluding carboxylic acids is 1. The summed E-state index contributed by atoms with van der Waals surface area (Å²) in [6.07, 6.45) is -0.0313. The van der Waals surface area contributed by atoms with Crippen LogP contribution in [-0.2, 0) is 9.53 Å². The Morgan fingerprint density at radius 1 is 1.30 bits per heavy atom. The quantitative estimate of drug-likeness (QED) is 0.233. The minimum absolute atomic E-state index is 0.0244. The molecule has 3 rings (SSSR count). The number of nitro benzene ring substituents is 1. The molecule has 0 saturated heterocycles. The van der Waals surface area contributed by atoms with E-state index in [0.717, 1.165) is 19.4 Å². The summed E-state index contributed by atoms with van der Waals surface area (Å²) in [6.45, 7) is 3.18. The molecule has 1 aromatic heterocycles. The van der Waals surface area contributed by atoms with Crippen molar-refractivity contribution in [1.29, 1.82) is 0 Å².